The fourth-order valence-electron chi connectivity index (χ4n) is 2.85. The van der Waals surface area contributed by atoms with Crippen LogP contribution in [-0.2, 0) is 6.54 Å². The van der Waals surface area contributed by atoms with Gasteiger partial charge in [0.25, 0.3) is 0 Å². The van der Waals surface area contributed by atoms with Crippen LogP contribution in [0.2, 0.25) is 0 Å². The zero-order valence-electron chi connectivity index (χ0n) is 13.1. The minimum atomic E-state index is -0.0726. The summed E-state index contributed by atoms with van der Waals surface area (Å²) in [5, 5.41) is 6.93. The van der Waals surface area contributed by atoms with Crippen molar-refractivity contribution in [2.24, 2.45) is 5.92 Å². The van der Waals surface area contributed by atoms with E-state index in [9.17, 15) is 9.59 Å². The van der Waals surface area contributed by atoms with Crippen LogP contribution < -0.4 is 5.32 Å². The Morgan fingerprint density at radius 3 is 2.87 bits per heavy atom. The predicted molar refractivity (Wildman–Crippen MR) is 94.2 cm³/mol. The van der Waals surface area contributed by atoms with E-state index in [1.807, 2.05) is 22.9 Å². The second-order valence-corrected chi connectivity index (χ2v) is 7.76. The molecule has 1 saturated heterocycles. The summed E-state index contributed by atoms with van der Waals surface area (Å²) < 4.78 is 0. The molecule has 0 spiro atoms. The molecule has 0 aliphatic carbocycles. The highest BCUT2D eigenvalue weighted by Crippen LogP contribution is 2.23. The van der Waals surface area contributed by atoms with Gasteiger partial charge in [-0.15, -0.1) is 22.7 Å². The third-order valence-corrected chi connectivity index (χ3v) is 6.12. The van der Waals surface area contributed by atoms with E-state index < -0.39 is 0 Å². The fourth-order valence-corrected chi connectivity index (χ4v) is 4.44. The van der Waals surface area contributed by atoms with Crippen LogP contribution >= 0.6 is 22.7 Å². The molecule has 1 fully saturated rings. The number of aryl methyl sites for hydroxylation is 1. The molecule has 1 aliphatic heterocycles. The summed E-state index contributed by atoms with van der Waals surface area (Å²) in [6.45, 7) is 3.85. The molecule has 0 saturated carbocycles. The molecule has 23 heavy (non-hydrogen) atoms. The zero-order chi connectivity index (χ0) is 16.2. The van der Waals surface area contributed by atoms with Crippen molar-refractivity contribution in [3.63, 3.8) is 0 Å². The van der Waals surface area contributed by atoms with Crippen LogP contribution in [0, 0.1) is 12.8 Å². The van der Waals surface area contributed by atoms with Crippen LogP contribution in [0.4, 0.5) is 4.79 Å². The summed E-state index contributed by atoms with van der Waals surface area (Å²) in [5.41, 5.74) is 1.21. The van der Waals surface area contributed by atoms with Gasteiger partial charge in [-0.1, -0.05) is 6.07 Å². The first-order valence-corrected chi connectivity index (χ1v) is 9.54. The van der Waals surface area contributed by atoms with E-state index in [2.05, 4.69) is 18.3 Å². The first-order chi connectivity index (χ1) is 11.1. The van der Waals surface area contributed by atoms with Gasteiger partial charge in [0, 0.05) is 23.9 Å². The lowest BCUT2D eigenvalue weighted by Gasteiger charge is -2.31. The largest absolute Gasteiger partial charge is 0.333 e. The Bertz CT molecular complexity index is 679. The maximum atomic E-state index is 12.5. The van der Waals surface area contributed by atoms with Gasteiger partial charge in [-0.2, -0.15) is 0 Å². The molecule has 0 radical (unpaired) electrons. The third kappa shape index (κ3) is 3.82. The lowest BCUT2D eigenvalue weighted by Crippen LogP contribution is -2.46. The van der Waals surface area contributed by atoms with Gasteiger partial charge in [0.1, 0.15) is 0 Å². The molecule has 122 valence electrons. The molecule has 2 aromatic rings. The van der Waals surface area contributed by atoms with Crippen molar-refractivity contribution in [2.45, 2.75) is 26.3 Å². The number of carbonyl (C=O) groups excluding carboxylic acids is 2. The van der Waals surface area contributed by atoms with E-state index in [1.165, 1.54) is 21.8 Å². The van der Waals surface area contributed by atoms with Crippen LogP contribution in [0.3, 0.4) is 0 Å². The highest BCUT2D eigenvalue weighted by Gasteiger charge is 2.29. The van der Waals surface area contributed by atoms with Crippen LogP contribution in [0.15, 0.2) is 29.0 Å². The Morgan fingerprint density at radius 1 is 1.30 bits per heavy atom. The van der Waals surface area contributed by atoms with Crippen LogP contribution in [-0.4, -0.2) is 29.8 Å². The summed E-state index contributed by atoms with van der Waals surface area (Å²) in [4.78, 5) is 28.6. The van der Waals surface area contributed by atoms with Crippen LogP contribution in [0.25, 0.3) is 0 Å². The van der Waals surface area contributed by atoms with E-state index in [1.54, 1.807) is 16.2 Å². The second kappa shape index (κ2) is 7.27. The maximum Gasteiger partial charge on any atom is 0.317 e. The molecule has 1 N–H and O–H groups in total. The molecule has 1 aliphatic rings. The molecular weight excluding hydrogens is 328 g/mol. The molecule has 4 nitrogen and oxygen atoms in total. The Labute approximate surface area is 144 Å². The van der Waals surface area contributed by atoms with E-state index in [4.69, 9.17) is 0 Å². The van der Waals surface area contributed by atoms with Gasteiger partial charge in [-0.25, -0.2) is 4.79 Å². The van der Waals surface area contributed by atoms with Crippen molar-refractivity contribution in [1.29, 1.82) is 0 Å². The molecule has 1 atom stereocenters. The van der Waals surface area contributed by atoms with E-state index >= 15 is 0 Å². The van der Waals surface area contributed by atoms with Gasteiger partial charge in [0.2, 0.25) is 0 Å². The summed E-state index contributed by atoms with van der Waals surface area (Å²) in [6.07, 6.45) is 1.75. The molecule has 0 aromatic carbocycles. The first kappa shape index (κ1) is 16.2. The van der Waals surface area contributed by atoms with Gasteiger partial charge in [0.15, 0.2) is 5.78 Å². The minimum absolute atomic E-state index is 0.0681. The molecule has 0 bridgehead atoms. The summed E-state index contributed by atoms with van der Waals surface area (Å²) in [6, 6.07) is 5.75. The molecule has 3 rings (SSSR count). The van der Waals surface area contributed by atoms with Crippen molar-refractivity contribution in [1.82, 2.24) is 10.2 Å². The number of Topliss-reactive ketones (excluding diaryl/α,β-unsaturated/α-hetero) is 1. The lowest BCUT2D eigenvalue weighted by atomic mass is 9.93. The highest BCUT2D eigenvalue weighted by atomic mass is 32.1. The topological polar surface area (TPSA) is 49.4 Å². The molecule has 2 aromatic heterocycles. The average molecular weight is 348 g/mol. The second-order valence-electron chi connectivity index (χ2n) is 5.81. The number of urea groups is 1. The first-order valence-electron chi connectivity index (χ1n) is 7.78. The van der Waals surface area contributed by atoms with Crippen molar-refractivity contribution in [3.05, 3.63) is 44.3 Å². The average Bonchev–Trinajstić information content (AvgIpc) is 3.24. The van der Waals surface area contributed by atoms with E-state index in [0.29, 0.717) is 13.1 Å². The van der Waals surface area contributed by atoms with Crippen molar-refractivity contribution < 1.29 is 9.59 Å². The number of amides is 2. The minimum Gasteiger partial charge on any atom is -0.333 e. The van der Waals surface area contributed by atoms with Gasteiger partial charge in [-0.05, 0) is 48.2 Å². The number of hydrogen-bond donors (Lipinski definition) is 1. The maximum absolute atomic E-state index is 12.5. The molecule has 2 amide bonds. The highest BCUT2D eigenvalue weighted by molar-refractivity contribution is 7.12. The van der Waals surface area contributed by atoms with Crippen LogP contribution in [0.1, 0.15) is 33.0 Å². The van der Waals surface area contributed by atoms with Crippen molar-refractivity contribution in [2.75, 3.05) is 13.1 Å². The Balaban J connectivity index is 1.56. The number of carbonyl (C=O) groups is 2. The summed E-state index contributed by atoms with van der Waals surface area (Å²) in [5.74, 6) is 0.100. The molecule has 3 heterocycles. The van der Waals surface area contributed by atoms with Crippen molar-refractivity contribution in [3.8, 4) is 0 Å². The quantitative estimate of drug-likeness (QED) is 0.851. The number of piperidine rings is 1. The predicted octanol–water partition coefficient (Wildman–Crippen LogP) is 3.92. The number of nitrogens with zero attached hydrogens (tertiary/aromatic N) is 1. The lowest BCUT2D eigenvalue weighted by molar-refractivity contribution is 0.0850. The summed E-state index contributed by atoms with van der Waals surface area (Å²) >= 11 is 3.13. The Kier molecular flexibility index (Phi) is 5.13. The number of thiophene rings is 2. The SMILES string of the molecule is Cc1ccsc1CNC(=O)N1CCC[C@H](C(=O)c2cccs2)C1. The Morgan fingerprint density at radius 2 is 2.17 bits per heavy atom. The smallest absolute Gasteiger partial charge is 0.317 e. The van der Waals surface area contributed by atoms with Crippen molar-refractivity contribution >= 4 is 34.5 Å². The van der Waals surface area contributed by atoms with Crippen LogP contribution in [0.5, 0.6) is 0 Å². The monoisotopic (exact) mass is 348 g/mol. The molecule has 0 unspecified atom stereocenters. The summed E-state index contributed by atoms with van der Waals surface area (Å²) in [7, 11) is 0. The standard InChI is InChI=1S/C17H20N2O2S2/c1-12-6-9-23-15(12)10-18-17(21)19-7-2-4-13(11-19)16(20)14-5-3-8-22-14/h3,5-6,8-9,13H,2,4,7,10-11H2,1H3,(H,18,21)/t13-/m0/s1. The van der Waals surface area contributed by atoms with Gasteiger partial charge in [0.05, 0.1) is 11.4 Å². The Hall–Kier alpha value is -1.66. The number of nitrogens with one attached hydrogen (secondary N) is 1. The number of hydrogen-bond acceptors (Lipinski definition) is 4. The zero-order valence-corrected chi connectivity index (χ0v) is 14.7. The molecular formula is C17H20N2O2S2. The van der Waals surface area contributed by atoms with Gasteiger partial charge < -0.3 is 10.2 Å². The fraction of sp³-hybridized carbons (Fsp3) is 0.412. The van der Waals surface area contributed by atoms with Gasteiger partial charge >= 0.3 is 6.03 Å². The van der Waals surface area contributed by atoms with E-state index in [0.717, 1.165) is 24.3 Å². The normalized spacial score (nSPS) is 18.0. The number of ketones is 1. The number of likely N-dealkylation sites (tertiary alicyclic amines) is 1. The third-order valence-electron chi connectivity index (χ3n) is 4.21. The van der Waals surface area contributed by atoms with E-state index in [-0.39, 0.29) is 17.7 Å². The molecule has 6 heteroatoms. The number of rotatable bonds is 4. The van der Waals surface area contributed by atoms with Gasteiger partial charge in [-0.3, -0.25) is 4.79 Å².